The average Bonchev–Trinajstić information content (AvgIpc) is 3.54. The van der Waals surface area contributed by atoms with Crippen LogP contribution in [-0.2, 0) is 9.59 Å². The number of aryl methyl sites for hydroxylation is 1. The van der Waals surface area contributed by atoms with Gasteiger partial charge < -0.3 is 0 Å². The number of hydrogen-bond acceptors (Lipinski definition) is 6. The number of ketones is 1. The van der Waals surface area contributed by atoms with Crippen molar-refractivity contribution in [2.75, 3.05) is 0 Å². The van der Waals surface area contributed by atoms with Crippen LogP contribution < -0.4 is 0 Å². The number of nitrogens with zero attached hydrogens (tertiary/aromatic N) is 3. The molecule has 5 rings (SSSR count). The topological polar surface area (TPSA) is 118 Å². The van der Waals surface area contributed by atoms with Gasteiger partial charge in [-0.3, -0.25) is 29.3 Å². The summed E-state index contributed by atoms with van der Waals surface area (Å²) >= 11 is 0. The van der Waals surface area contributed by atoms with Crippen LogP contribution >= 0.6 is 0 Å². The fourth-order valence-electron chi connectivity index (χ4n) is 5.47. The highest BCUT2D eigenvalue weighted by atomic mass is 16.6. The fraction of sp³-hybridized carbons (Fsp3) is 0.308. The molecule has 1 saturated carbocycles. The van der Waals surface area contributed by atoms with Gasteiger partial charge in [0.25, 0.3) is 23.4 Å². The lowest BCUT2D eigenvalue weighted by Crippen LogP contribution is -2.56. The van der Waals surface area contributed by atoms with Crippen molar-refractivity contribution in [2.45, 2.75) is 26.3 Å². The summed E-state index contributed by atoms with van der Waals surface area (Å²) in [6.07, 6.45) is 4.63. The number of non-ortho nitro benzene ring substituents is 1. The van der Waals surface area contributed by atoms with Gasteiger partial charge in [0.05, 0.1) is 16.8 Å². The van der Waals surface area contributed by atoms with E-state index in [1.807, 2.05) is 19.1 Å². The molecule has 0 aromatic heterocycles. The Morgan fingerprint density at radius 3 is 1.97 bits per heavy atom. The van der Waals surface area contributed by atoms with Gasteiger partial charge >= 0.3 is 0 Å². The number of carbonyl (C=O) groups is 4. The number of amides is 3. The summed E-state index contributed by atoms with van der Waals surface area (Å²) in [4.78, 5) is 64.5. The predicted octanol–water partition coefficient (Wildman–Crippen LogP) is 3.34. The number of imide groups is 1. The molecule has 2 aromatic carbocycles. The van der Waals surface area contributed by atoms with Crippen LogP contribution in [0.3, 0.4) is 0 Å². The molecular formula is C26H23N3O6. The lowest BCUT2D eigenvalue weighted by molar-refractivity contribution is -0.384. The Morgan fingerprint density at radius 1 is 0.943 bits per heavy atom. The molecule has 0 unspecified atom stereocenters. The van der Waals surface area contributed by atoms with Gasteiger partial charge in [-0.25, -0.2) is 5.01 Å². The highest BCUT2D eigenvalue weighted by Gasteiger charge is 2.61. The van der Waals surface area contributed by atoms with Crippen LogP contribution in [0.15, 0.2) is 60.7 Å². The van der Waals surface area contributed by atoms with Crippen LogP contribution in [0.1, 0.15) is 39.6 Å². The van der Waals surface area contributed by atoms with E-state index in [9.17, 15) is 29.3 Å². The van der Waals surface area contributed by atoms with Gasteiger partial charge in [0.1, 0.15) is 6.04 Å². The van der Waals surface area contributed by atoms with Crippen LogP contribution in [-0.4, -0.2) is 44.5 Å². The van der Waals surface area contributed by atoms with E-state index < -0.39 is 46.3 Å². The molecule has 0 N–H and O–H groups in total. The Balaban J connectivity index is 1.54. The van der Waals surface area contributed by atoms with Crippen molar-refractivity contribution >= 4 is 29.2 Å². The largest absolute Gasteiger partial charge is 0.292 e. The van der Waals surface area contributed by atoms with Gasteiger partial charge in [0.2, 0.25) is 0 Å². The van der Waals surface area contributed by atoms with E-state index in [0.29, 0.717) is 5.56 Å². The van der Waals surface area contributed by atoms with Crippen molar-refractivity contribution in [2.24, 2.45) is 23.7 Å². The maximum Gasteiger partial charge on any atom is 0.273 e. The standard InChI is InChI=1S/C26H23N3O6/c1-14-3-5-16(6-4-14)23(30)15(2)27(24(31)17-9-11-20(12-10-17)29(34)35)28-25(32)21-18-7-8-19(13-18)22(21)26(28)33/h3-12,15,18-19,21-22H,13H2,1-2H3/t15-,18-,19-,21+,22+/m0/s1. The molecule has 1 aliphatic heterocycles. The fourth-order valence-corrected chi connectivity index (χ4v) is 5.47. The zero-order valence-electron chi connectivity index (χ0n) is 19.2. The number of rotatable bonds is 6. The molecular weight excluding hydrogens is 450 g/mol. The number of hydrogen-bond donors (Lipinski definition) is 0. The van der Waals surface area contributed by atoms with Crippen LogP contribution in [0.4, 0.5) is 5.69 Å². The van der Waals surface area contributed by atoms with Gasteiger partial charge in [-0.05, 0) is 44.2 Å². The van der Waals surface area contributed by atoms with E-state index in [0.717, 1.165) is 22.0 Å². The SMILES string of the molecule is Cc1ccc(C(=O)[C@H](C)N(C(=O)c2ccc([N+](=O)[O-])cc2)N2C(=O)[C@H]3[C@H](C2=O)[C@H]2C=C[C@H]3C2)cc1. The quantitative estimate of drug-likeness (QED) is 0.209. The molecule has 2 aromatic rings. The van der Waals surface area contributed by atoms with E-state index in [-0.39, 0.29) is 23.1 Å². The van der Waals surface area contributed by atoms with Crippen LogP contribution in [0.25, 0.3) is 0 Å². The third-order valence-corrected chi connectivity index (χ3v) is 7.28. The van der Waals surface area contributed by atoms with Gasteiger partial charge in [-0.1, -0.05) is 42.0 Å². The molecule has 5 atom stereocenters. The molecule has 0 radical (unpaired) electrons. The van der Waals surface area contributed by atoms with Gasteiger partial charge in [0.15, 0.2) is 5.78 Å². The maximum absolute atomic E-state index is 13.7. The van der Waals surface area contributed by atoms with Crippen LogP contribution in [0.5, 0.6) is 0 Å². The summed E-state index contributed by atoms with van der Waals surface area (Å²) < 4.78 is 0. The lowest BCUT2D eigenvalue weighted by Gasteiger charge is -2.35. The molecule has 2 aliphatic carbocycles. The van der Waals surface area contributed by atoms with E-state index >= 15 is 0 Å². The molecule has 2 fully saturated rings. The zero-order chi connectivity index (χ0) is 25.0. The molecule has 9 heteroatoms. The van der Waals surface area contributed by atoms with Crippen molar-refractivity contribution < 1.29 is 24.1 Å². The number of allylic oxidation sites excluding steroid dienone is 2. The minimum Gasteiger partial charge on any atom is -0.292 e. The predicted molar refractivity (Wildman–Crippen MR) is 124 cm³/mol. The summed E-state index contributed by atoms with van der Waals surface area (Å²) in [5.74, 6) is -3.39. The molecule has 3 amide bonds. The first-order valence-electron chi connectivity index (χ1n) is 11.4. The van der Waals surface area contributed by atoms with Gasteiger partial charge in [-0.2, -0.15) is 5.01 Å². The average molecular weight is 473 g/mol. The first-order chi connectivity index (χ1) is 16.7. The Hall–Kier alpha value is -4.14. The van der Waals surface area contributed by atoms with Gasteiger partial charge in [0, 0.05) is 23.3 Å². The molecule has 1 saturated heterocycles. The first kappa shape index (κ1) is 22.6. The molecule has 178 valence electrons. The van der Waals surface area contributed by atoms with E-state index in [1.165, 1.54) is 31.2 Å². The number of Topliss-reactive ketones (excluding diaryl/α,β-unsaturated/α-hetero) is 1. The minimum atomic E-state index is -1.17. The summed E-state index contributed by atoms with van der Waals surface area (Å²) in [5, 5.41) is 12.8. The Labute approximate surface area is 201 Å². The van der Waals surface area contributed by atoms with Crippen molar-refractivity contribution in [1.29, 1.82) is 0 Å². The smallest absolute Gasteiger partial charge is 0.273 e. The number of nitro groups is 1. The Kier molecular flexibility index (Phi) is 5.35. The number of fused-ring (bicyclic) bond motifs is 5. The Morgan fingerprint density at radius 2 is 1.46 bits per heavy atom. The summed E-state index contributed by atoms with van der Waals surface area (Å²) in [5.41, 5.74) is 1.11. The second-order valence-electron chi connectivity index (χ2n) is 9.35. The van der Waals surface area contributed by atoms with Gasteiger partial charge in [-0.15, -0.1) is 0 Å². The minimum absolute atomic E-state index is 0.0258. The number of carbonyl (C=O) groups excluding carboxylic acids is 4. The number of benzene rings is 2. The van der Waals surface area contributed by atoms with Crippen LogP contribution in [0, 0.1) is 40.7 Å². The highest BCUT2D eigenvalue weighted by Crippen LogP contribution is 2.53. The summed E-state index contributed by atoms with van der Waals surface area (Å²) in [6, 6.07) is 10.5. The second kappa shape index (κ2) is 8.26. The second-order valence-corrected chi connectivity index (χ2v) is 9.35. The summed E-state index contributed by atoms with van der Waals surface area (Å²) in [7, 11) is 0. The monoisotopic (exact) mass is 473 g/mol. The maximum atomic E-state index is 13.7. The van der Waals surface area contributed by atoms with E-state index in [4.69, 9.17) is 0 Å². The Bertz CT molecular complexity index is 1250. The van der Waals surface area contributed by atoms with E-state index in [2.05, 4.69) is 0 Å². The molecule has 9 nitrogen and oxygen atoms in total. The number of hydrazine groups is 1. The summed E-state index contributed by atoms with van der Waals surface area (Å²) in [6.45, 7) is 3.36. The number of nitro benzene ring substituents is 1. The van der Waals surface area contributed by atoms with Crippen LogP contribution in [0.2, 0.25) is 0 Å². The molecule has 3 aliphatic rings. The molecule has 1 heterocycles. The zero-order valence-corrected chi connectivity index (χ0v) is 19.2. The third kappa shape index (κ3) is 3.54. The third-order valence-electron chi connectivity index (χ3n) is 7.28. The van der Waals surface area contributed by atoms with Crippen molar-refractivity contribution in [1.82, 2.24) is 10.0 Å². The molecule has 0 spiro atoms. The van der Waals surface area contributed by atoms with Crippen molar-refractivity contribution in [3.8, 4) is 0 Å². The normalized spacial score (nSPS) is 25.0. The lowest BCUT2D eigenvalue weighted by atomic mass is 9.85. The molecule has 35 heavy (non-hydrogen) atoms. The van der Waals surface area contributed by atoms with Crippen molar-refractivity contribution in [3.05, 3.63) is 87.5 Å². The highest BCUT2D eigenvalue weighted by molar-refractivity contribution is 6.11. The molecule has 2 bridgehead atoms. The van der Waals surface area contributed by atoms with Crippen molar-refractivity contribution in [3.63, 3.8) is 0 Å². The van der Waals surface area contributed by atoms with E-state index in [1.54, 1.807) is 24.3 Å². The first-order valence-corrected chi connectivity index (χ1v) is 11.4.